The fourth-order valence-electron chi connectivity index (χ4n) is 2.68. The van der Waals surface area contributed by atoms with Gasteiger partial charge in [0.05, 0.1) is 13.2 Å². The molecule has 2 N–H and O–H groups in total. The third kappa shape index (κ3) is 9.65. The van der Waals surface area contributed by atoms with E-state index in [1.807, 2.05) is 6.92 Å². The molecule has 2 amide bonds. The SMILES string of the molecule is CCOc1ccc(C(=O)NC(C(=O)NCCCN(C)CC(F)(F)F)C(C)C)cc1. The van der Waals surface area contributed by atoms with E-state index in [2.05, 4.69) is 10.6 Å². The number of rotatable bonds is 11. The number of halogens is 3. The summed E-state index contributed by atoms with van der Waals surface area (Å²) in [5, 5.41) is 5.40. The molecule has 0 fully saturated rings. The number of nitrogens with zero attached hydrogens (tertiary/aromatic N) is 1. The van der Waals surface area contributed by atoms with Gasteiger partial charge in [0.1, 0.15) is 11.8 Å². The number of carbonyl (C=O) groups excluding carboxylic acids is 2. The van der Waals surface area contributed by atoms with E-state index >= 15 is 0 Å². The zero-order valence-electron chi connectivity index (χ0n) is 17.3. The van der Waals surface area contributed by atoms with E-state index in [1.165, 1.54) is 7.05 Å². The monoisotopic (exact) mass is 417 g/mol. The Labute approximate surface area is 169 Å². The molecule has 0 aromatic heterocycles. The predicted octanol–water partition coefficient (Wildman–Crippen LogP) is 2.84. The van der Waals surface area contributed by atoms with E-state index in [9.17, 15) is 22.8 Å². The van der Waals surface area contributed by atoms with Gasteiger partial charge < -0.3 is 15.4 Å². The Bertz CT molecular complexity index is 649. The molecule has 1 unspecified atom stereocenters. The zero-order valence-corrected chi connectivity index (χ0v) is 17.3. The van der Waals surface area contributed by atoms with Crippen molar-refractivity contribution in [2.45, 2.75) is 39.4 Å². The lowest BCUT2D eigenvalue weighted by molar-refractivity contribution is -0.143. The van der Waals surface area contributed by atoms with E-state index in [4.69, 9.17) is 4.74 Å². The van der Waals surface area contributed by atoms with Gasteiger partial charge in [-0.2, -0.15) is 13.2 Å². The predicted molar refractivity (Wildman–Crippen MR) is 105 cm³/mol. The van der Waals surface area contributed by atoms with Crippen molar-refractivity contribution >= 4 is 11.8 Å². The Hall–Kier alpha value is -2.29. The van der Waals surface area contributed by atoms with Gasteiger partial charge in [-0.25, -0.2) is 0 Å². The Morgan fingerprint density at radius 3 is 2.31 bits per heavy atom. The van der Waals surface area contributed by atoms with Gasteiger partial charge in [-0.1, -0.05) is 13.8 Å². The summed E-state index contributed by atoms with van der Waals surface area (Å²) < 4.78 is 42.2. The summed E-state index contributed by atoms with van der Waals surface area (Å²) in [7, 11) is 1.38. The van der Waals surface area contributed by atoms with Crippen LogP contribution in [0.25, 0.3) is 0 Å². The largest absolute Gasteiger partial charge is 0.494 e. The van der Waals surface area contributed by atoms with Crippen LogP contribution < -0.4 is 15.4 Å². The normalized spacial score (nSPS) is 12.7. The van der Waals surface area contributed by atoms with Crippen LogP contribution in [0.4, 0.5) is 13.2 Å². The molecule has 0 saturated carbocycles. The van der Waals surface area contributed by atoms with Crippen molar-refractivity contribution in [3.05, 3.63) is 29.8 Å². The highest BCUT2D eigenvalue weighted by molar-refractivity contribution is 5.97. The molecule has 1 aromatic carbocycles. The molecule has 0 saturated heterocycles. The third-order valence-corrected chi connectivity index (χ3v) is 4.13. The summed E-state index contributed by atoms with van der Waals surface area (Å²) in [6.45, 7) is 5.43. The smallest absolute Gasteiger partial charge is 0.401 e. The summed E-state index contributed by atoms with van der Waals surface area (Å²) in [5.74, 6) is -0.253. The molecule has 29 heavy (non-hydrogen) atoms. The van der Waals surface area contributed by atoms with Crippen LogP contribution in [0.2, 0.25) is 0 Å². The summed E-state index contributed by atoms with van der Waals surface area (Å²) in [6.07, 6.45) is -3.87. The van der Waals surface area contributed by atoms with Crippen LogP contribution >= 0.6 is 0 Å². The van der Waals surface area contributed by atoms with Gasteiger partial charge in [-0.15, -0.1) is 0 Å². The molecule has 164 valence electrons. The summed E-state index contributed by atoms with van der Waals surface area (Å²) in [6, 6.07) is 5.85. The van der Waals surface area contributed by atoms with Gasteiger partial charge in [0.15, 0.2) is 0 Å². The lowest BCUT2D eigenvalue weighted by Gasteiger charge is -2.22. The number of alkyl halides is 3. The van der Waals surface area contributed by atoms with Crippen LogP contribution in [0.1, 0.15) is 37.6 Å². The first kappa shape index (κ1) is 24.7. The Balaban J connectivity index is 2.52. The average Bonchev–Trinajstić information content (AvgIpc) is 2.62. The first-order valence-corrected chi connectivity index (χ1v) is 9.60. The maximum atomic E-state index is 12.4. The van der Waals surface area contributed by atoms with Crippen molar-refractivity contribution in [1.82, 2.24) is 15.5 Å². The second-order valence-corrected chi connectivity index (χ2v) is 7.15. The molecule has 0 radical (unpaired) electrons. The van der Waals surface area contributed by atoms with Crippen molar-refractivity contribution in [2.24, 2.45) is 5.92 Å². The van der Waals surface area contributed by atoms with Crippen molar-refractivity contribution in [3.8, 4) is 5.75 Å². The zero-order chi connectivity index (χ0) is 22.0. The molecule has 0 spiro atoms. The van der Waals surface area contributed by atoms with Gasteiger partial charge in [0.25, 0.3) is 5.91 Å². The first-order chi connectivity index (χ1) is 13.5. The number of hydrogen-bond acceptors (Lipinski definition) is 4. The Morgan fingerprint density at radius 1 is 1.17 bits per heavy atom. The number of amides is 2. The maximum Gasteiger partial charge on any atom is 0.401 e. The molecule has 0 aliphatic carbocycles. The molecule has 9 heteroatoms. The van der Waals surface area contributed by atoms with Crippen LogP contribution in [0.15, 0.2) is 24.3 Å². The minimum absolute atomic E-state index is 0.158. The van der Waals surface area contributed by atoms with Gasteiger partial charge in [-0.05, 0) is 57.1 Å². The second kappa shape index (κ2) is 11.6. The fraction of sp³-hybridized carbons (Fsp3) is 0.600. The lowest BCUT2D eigenvalue weighted by Crippen LogP contribution is -2.50. The summed E-state index contributed by atoms with van der Waals surface area (Å²) >= 11 is 0. The molecule has 0 heterocycles. The van der Waals surface area contributed by atoms with Crippen LogP contribution in [-0.2, 0) is 4.79 Å². The number of nitrogens with one attached hydrogen (secondary N) is 2. The van der Waals surface area contributed by atoms with Gasteiger partial charge >= 0.3 is 6.18 Å². The summed E-state index contributed by atoms with van der Waals surface area (Å²) in [5.41, 5.74) is 0.403. The molecular formula is C20H30F3N3O3. The number of hydrogen-bond donors (Lipinski definition) is 2. The minimum atomic E-state index is -4.24. The highest BCUT2D eigenvalue weighted by Gasteiger charge is 2.29. The number of benzene rings is 1. The van der Waals surface area contributed by atoms with E-state index in [0.29, 0.717) is 24.3 Å². The van der Waals surface area contributed by atoms with Crippen molar-refractivity contribution in [3.63, 3.8) is 0 Å². The highest BCUT2D eigenvalue weighted by Crippen LogP contribution is 2.15. The van der Waals surface area contributed by atoms with Crippen LogP contribution in [0.3, 0.4) is 0 Å². The summed E-state index contributed by atoms with van der Waals surface area (Å²) in [4.78, 5) is 26.0. The molecule has 0 bridgehead atoms. The first-order valence-electron chi connectivity index (χ1n) is 9.60. The molecule has 1 aromatic rings. The fourth-order valence-corrected chi connectivity index (χ4v) is 2.68. The standard InChI is InChI=1S/C20H30F3N3O3/c1-5-29-16-9-7-15(8-10-16)18(27)25-17(14(2)3)19(28)24-11-6-12-26(4)13-20(21,22)23/h7-10,14,17H,5-6,11-13H2,1-4H3,(H,24,28)(H,25,27). The maximum absolute atomic E-state index is 12.4. The van der Waals surface area contributed by atoms with Gasteiger partial charge in [-0.3, -0.25) is 14.5 Å². The third-order valence-electron chi connectivity index (χ3n) is 4.13. The molecule has 6 nitrogen and oxygen atoms in total. The number of ether oxygens (including phenoxy) is 1. The lowest BCUT2D eigenvalue weighted by atomic mass is 10.0. The molecular weight excluding hydrogens is 387 g/mol. The van der Waals surface area contributed by atoms with E-state index < -0.39 is 18.8 Å². The molecule has 1 atom stereocenters. The highest BCUT2D eigenvalue weighted by atomic mass is 19.4. The molecule has 1 rings (SSSR count). The average molecular weight is 417 g/mol. The van der Waals surface area contributed by atoms with Crippen molar-refractivity contribution in [2.75, 3.05) is 33.3 Å². The molecule has 0 aliphatic heterocycles. The second-order valence-electron chi connectivity index (χ2n) is 7.15. The topological polar surface area (TPSA) is 70.7 Å². The van der Waals surface area contributed by atoms with Crippen LogP contribution in [0, 0.1) is 5.92 Å². The van der Waals surface area contributed by atoms with Gasteiger partial charge in [0.2, 0.25) is 5.91 Å². The van der Waals surface area contributed by atoms with Crippen molar-refractivity contribution < 1.29 is 27.5 Å². The Morgan fingerprint density at radius 2 is 1.79 bits per heavy atom. The van der Waals surface area contributed by atoms with Crippen LogP contribution in [0.5, 0.6) is 5.75 Å². The quantitative estimate of drug-likeness (QED) is 0.543. The van der Waals surface area contributed by atoms with E-state index in [-0.39, 0.29) is 30.8 Å². The Kier molecular flexibility index (Phi) is 9.94. The van der Waals surface area contributed by atoms with E-state index in [1.54, 1.807) is 38.1 Å². The van der Waals surface area contributed by atoms with Crippen molar-refractivity contribution in [1.29, 1.82) is 0 Å². The van der Waals surface area contributed by atoms with Crippen LogP contribution in [-0.4, -0.2) is 62.2 Å². The minimum Gasteiger partial charge on any atom is -0.494 e. The van der Waals surface area contributed by atoms with Gasteiger partial charge in [0, 0.05) is 12.1 Å². The van der Waals surface area contributed by atoms with E-state index in [0.717, 1.165) is 4.90 Å². The molecule has 0 aliphatic rings. The number of carbonyl (C=O) groups is 2.